The number of esters is 1. The second-order valence-corrected chi connectivity index (χ2v) is 7.35. The molecule has 0 radical (unpaired) electrons. The number of hydrogen-bond donors (Lipinski definition) is 1. The normalized spacial score (nSPS) is 12.6. The van der Waals surface area contributed by atoms with Crippen molar-refractivity contribution in [1.82, 2.24) is 4.98 Å². The first-order valence-corrected chi connectivity index (χ1v) is 10.4. The molecule has 0 saturated heterocycles. The van der Waals surface area contributed by atoms with E-state index >= 15 is 0 Å². The zero-order valence-corrected chi connectivity index (χ0v) is 17.7. The number of carbonyl (C=O) groups is 2. The van der Waals surface area contributed by atoms with Crippen molar-refractivity contribution in [2.75, 3.05) is 32.4 Å². The molecule has 1 aromatic heterocycles. The highest BCUT2D eigenvalue weighted by atomic mass is 32.2. The number of pyridine rings is 1. The molecule has 1 fully saturated rings. The van der Waals surface area contributed by atoms with Gasteiger partial charge in [-0.15, -0.1) is 11.8 Å². The number of methoxy groups -OCH3 is 2. The molecule has 0 spiro atoms. The van der Waals surface area contributed by atoms with Gasteiger partial charge in [0.1, 0.15) is 22.6 Å². The van der Waals surface area contributed by atoms with Crippen LogP contribution in [0, 0.1) is 11.3 Å². The number of anilines is 1. The van der Waals surface area contributed by atoms with Crippen molar-refractivity contribution in [3.05, 3.63) is 41.1 Å². The molecule has 3 rings (SSSR count). The Morgan fingerprint density at radius 1 is 1.27 bits per heavy atom. The maximum absolute atomic E-state index is 12.6. The first-order valence-electron chi connectivity index (χ1n) is 9.18. The van der Waals surface area contributed by atoms with Gasteiger partial charge in [0.2, 0.25) is 0 Å². The number of ether oxygens (including phenoxy) is 3. The van der Waals surface area contributed by atoms with Crippen molar-refractivity contribution in [3.63, 3.8) is 0 Å². The molecule has 9 heteroatoms. The van der Waals surface area contributed by atoms with Gasteiger partial charge in [-0.2, -0.15) is 5.26 Å². The summed E-state index contributed by atoms with van der Waals surface area (Å²) in [7, 11) is 3.00. The first-order chi connectivity index (χ1) is 14.5. The number of rotatable bonds is 8. The fourth-order valence-electron chi connectivity index (χ4n) is 2.84. The third-order valence-electron chi connectivity index (χ3n) is 4.54. The monoisotopic (exact) mass is 427 g/mol. The van der Waals surface area contributed by atoms with E-state index in [4.69, 9.17) is 14.2 Å². The molecule has 0 unspecified atom stereocenters. The number of aromatic nitrogens is 1. The lowest BCUT2D eigenvalue weighted by Gasteiger charge is -2.12. The van der Waals surface area contributed by atoms with Crippen LogP contribution in [0.25, 0.3) is 0 Å². The van der Waals surface area contributed by atoms with Crippen molar-refractivity contribution in [3.8, 4) is 17.6 Å². The predicted molar refractivity (Wildman–Crippen MR) is 111 cm³/mol. The van der Waals surface area contributed by atoms with Crippen LogP contribution in [0.3, 0.4) is 0 Å². The number of benzene rings is 1. The van der Waals surface area contributed by atoms with Crippen LogP contribution in [0.5, 0.6) is 11.5 Å². The Balaban J connectivity index is 1.71. The topological polar surface area (TPSA) is 111 Å². The lowest BCUT2D eigenvalue weighted by atomic mass is 10.1. The Labute approximate surface area is 178 Å². The zero-order valence-electron chi connectivity index (χ0n) is 16.9. The van der Waals surface area contributed by atoms with Gasteiger partial charge < -0.3 is 19.5 Å². The molecule has 0 atom stereocenters. The molecule has 8 nitrogen and oxygen atoms in total. The Morgan fingerprint density at radius 2 is 2.03 bits per heavy atom. The third-order valence-corrected chi connectivity index (χ3v) is 5.23. The minimum absolute atomic E-state index is 0.133. The molecule has 1 aromatic carbocycles. The second kappa shape index (κ2) is 9.50. The summed E-state index contributed by atoms with van der Waals surface area (Å²) in [6, 6.07) is 8.54. The van der Waals surface area contributed by atoms with Gasteiger partial charge in [-0.05, 0) is 37.3 Å². The van der Waals surface area contributed by atoms with Gasteiger partial charge in [0.05, 0.1) is 31.0 Å². The van der Waals surface area contributed by atoms with E-state index in [0.717, 1.165) is 18.5 Å². The van der Waals surface area contributed by atoms with Crippen LogP contribution in [0.15, 0.2) is 29.3 Å². The Kier molecular flexibility index (Phi) is 6.79. The zero-order chi connectivity index (χ0) is 21.7. The van der Waals surface area contributed by atoms with Crippen molar-refractivity contribution in [2.24, 2.45) is 0 Å². The molecule has 1 aliphatic rings. The minimum atomic E-state index is -0.733. The van der Waals surface area contributed by atoms with E-state index in [1.54, 1.807) is 30.5 Å². The van der Waals surface area contributed by atoms with E-state index < -0.39 is 18.5 Å². The molecule has 1 aliphatic carbocycles. The fraction of sp³-hybridized carbons (Fsp3) is 0.333. The summed E-state index contributed by atoms with van der Waals surface area (Å²) in [5, 5.41) is 12.6. The molecular weight excluding hydrogens is 406 g/mol. The maximum atomic E-state index is 12.6. The molecule has 1 saturated carbocycles. The summed E-state index contributed by atoms with van der Waals surface area (Å²) in [4.78, 5) is 29.4. The second-order valence-electron chi connectivity index (χ2n) is 6.56. The van der Waals surface area contributed by atoms with Gasteiger partial charge in [-0.25, -0.2) is 9.78 Å². The Morgan fingerprint density at radius 3 is 2.63 bits per heavy atom. The summed E-state index contributed by atoms with van der Waals surface area (Å²) in [5.74, 6) is 0.0265. The largest absolute Gasteiger partial charge is 0.497 e. The average Bonchev–Trinajstić information content (AvgIpc) is 3.62. The van der Waals surface area contributed by atoms with E-state index in [0.29, 0.717) is 28.1 Å². The van der Waals surface area contributed by atoms with Gasteiger partial charge in [0.15, 0.2) is 6.61 Å². The minimum Gasteiger partial charge on any atom is -0.497 e. The summed E-state index contributed by atoms with van der Waals surface area (Å²) in [6.07, 6.45) is 3.81. The van der Waals surface area contributed by atoms with Gasteiger partial charge in [0, 0.05) is 17.7 Å². The molecule has 1 heterocycles. The SMILES string of the molecule is COc1ccc(NC(=O)COC(=O)c2cc(C3CC3)nc(SC)c2C#N)c(OC)c1. The summed E-state index contributed by atoms with van der Waals surface area (Å²) < 4.78 is 15.5. The molecule has 1 amide bonds. The maximum Gasteiger partial charge on any atom is 0.340 e. The Hall–Kier alpha value is -3.25. The van der Waals surface area contributed by atoms with Crippen LogP contribution in [-0.2, 0) is 9.53 Å². The van der Waals surface area contributed by atoms with Crippen molar-refractivity contribution < 1.29 is 23.8 Å². The van der Waals surface area contributed by atoms with Gasteiger partial charge >= 0.3 is 5.97 Å². The number of nitrogens with one attached hydrogen (secondary N) is 1. The highest BCUT2D eigenvalue weighted by Gasteiger charge is 2.29. The van der Waals surface area contributed by atoms with Gasteiger partial charge in [-0.1, -0.05) is 0 Å². The quantitative estimate of drug-likeness (QED) is 0.504. The van der Waals surface area contributed by atoms with Crippen LogP contribution in [0.2, 0.25) is 0 Å². The van der Waals surface area contributed by atoms with Crippen LogP contribution < -0.4 is 14.8 Å². The number of hydrogen-bond acceptors (Lipinski definition) is 8. The van der Waals surface area contributed by atoms with Crippen molar-refractivity contribution in [2.45, 2.75) is 23.8 Å². The molecule has 2 aromatic rings. The molecular formula is C21H21N3O5S. The van der Waals surface area contributed by atoms with Crippen LogP contribution in [-0.4, -0.2) is 43.9 Å². The smallest absolute Gasteiger partial charge is 0.340 e. The number of thioether (sulfide) groups is 1. The predicted octanol–water partition coefficient (Wildman–Crippen LogP) is 3.37. The van der Waals surface area contributed by atoms with Gasteiger partial charge in [-0.3, -0.25) is 4.79 Å². The highest BCUT2D eigenvalue weighted by Crippen LogP contribution is 2.40. The van der Waals surface area contributed by atoms with E-state index in [9.17, 15) is 14.9 Å². The van der Waals surface area contributed by atoms with E-state index in [2.05, 4.69) is 10.3 Å². The van der Waals surface area contributed by atoms with Crippen LogP contribution >= 0.6 is 11.8 Å². The summed E-state index contributed by atoms with van der Waals surface area (Å²) >= 11 is 1.30. The lowest BCUT2D eigenvalue weighted by Crippen LogP contribution is -2.22. The van der Waals surface area contributed by atoms with E-state index in [1.807, 2.05) is 6.07 Å². The molecule has 1 N–H and O–H groups in total. The molecule has 30 heavy (non-hydrogen) atoms. The Bertz CT molecular complexity index is 1010. The van der Waals surface area contributed by atoms with E-state index in [-0.39, 0.29) is 11.1 Å². The average molecular weight is 427 g/mol. The lowest BCUT2D eigenvalue weighted by molar-refractivity contribution is -0.119. The van der Waals surface area contributed by atoms with E-state index in [1.165, 1.54) is 26.0 Å². The third kappa shape index (κ3) is 4.83. The number of amides is 1. The molecule has 156 valence electrons. The summed E-state index contributed by atoms with van der Waals surface area (Å²) in [6.45, 7) is -0.505. The molecule has 0 bridgehead atoms. The van der Waals surface area contributed by atoms with Crippen LogP contribution in [0.1, 0.15) is 40.4 Å². The fourth-order valence-corrected chi connectivity index (χ4v) is 3.40. The van der Waals surface area contributed by atoms with Crippen LogP contribution in [0.4, 0.5) is 5.69 Å². The van der Waals surface area contributed by atoms with Crippen molar-refractivity contribution in [1.29, 1.82) is 5.26 Å². The first kappa shape index (κ1) is 21.5. The highest BCUT2D eigenvalue weighted by molar-refractivity contribution is 7.98. The van der Waals surface area contributed by atoms with Gasteiger partial charge in [0.25, 0.3) is 5.91 Å². The summed E-state index contributed by atoms with van der Waals surface area (Å²) in [5.41, 5.74) is 1.49. The molecule has 0 aliphatic heterocycles. The standard InChI is InChI=1S/C21H21N3O5S/c1-27-13-6-7-16(18(8-13)28-2)23-19(25)11-29-21(26)14-9-17(12-4-5-12)24-20(30-3)15(14)10-22/h6-9,12H,4-5,11H2,1-3H3,(H,23,25). The number of nitriles is 1. The van der Waals surface area contributed by atoms with Crippen molar-refractivity contribution >= 4 is 29.3 Å². The number of carbonyl (C=O) groups excluding carboxylic acids is 2. The number of nitrogens with zero attached hydrogens (tertiary/aromatic N) is 2.